The Morgan fingerprint density at radius 2 is 1.97 bits per heavy atom. The van der Waals surface area contributed by atoms with Crippen molar-refractivity contribution in [1.29, 1.82) is 5.26 Å². The predicted octanol–water partition coefficient (Wildman–Crippen LogP) is 4.47. The maximum absolute atomic E-state index is 13.2. The standard InChI is InChI=1S/C25H21N5O4S/c1-33-24(31)18(14-28-19-7-5-17(13-26)6-8-19)15-30(23-4-2-3-11-27-23)25(32)34-20-9-10-22-21(12-20)29-16-35-22/h2-12,16,18,28H,14-15H2,1H3. The lowest BCUT2D eigenvalue weighted by molar-refractivity contribution is -0.144. The first-order valence-electron chi connectivity index (χ1n) is 10.6. The number of methoxy groups -OCH3 is 1. The lowest BCUT2D eigenvalue weighted by atomic mass is 10.1. The number of thiazole rings is 1. The molecule has 4 rings (SSSR count). The number of hydrogen-bond donors (Lipinski definition) is 1. The summed E-state index contributed by atoms with van der Waals surface area (Å²) >= 11 is 1.49. The highest BCUT2D eigenvalue weighted by Crippen LogP contribution is 2.24. The van der Waals surface area contributed by atoms with Gasteiger partial charge in [0, 0.05) is 31.0 Å². The van der Waals surface area contributed by atoms with Crippen LogP contribution in [0.5, 0.6) is 5.75 Å². The molecule has 0 saturated carbocycles. The second kappa shape index (κ2) is 11.1. The molecule has 0 radical (unpaired) electrons. The summed E-state index contributed by atoms with van der Waals surface area (Å²) in [5.41, 5.74) is 3.70. The van der Waals surface area contributed by atoms with Gasteiger partial charge < -0.3 is 14.8 Å². The number of nitrogens with zero attached hydrogens (tertiary/aromatic N) is 4. The molecule has 0 aliphatic rings. The quantitative estimate of drug-likeness (QED) is 0.362. The summed E-state index contributed by atoms with van der Waals surface area (Å²) in [7, 11) is 1.30. The fraction of sp³-hybridized carbons (Fsp3) is 0.160. The number of ether oxygens (including phenoxy) is 2. The number of rotatable bonds is 8. The van der Waals surface area contributed by atoms with Crippen molar-refractivity contribution in [2.45, 2.75) is 0 Å². The summed E-state index contributed by atoms with van der Waals surface area (Å²) in [5, 5.41) is 12.1. The highest BCUT2D eigenvalue weighted by molar-refractivity contribution is 7.16. The molecular formula is C25H21N5O4S. The maximum atomic E-state index is 13.2. The van der Waals surface area contributed by atoms with Crippen LogP contribution < -0.4 is 15.0 Å². The topological polar surface area (TPSA) is 117 Å². The van der Waals surface area contributed by atoms with Gasteiger partial charge >= 0.3 is 12.1 Å². The Balaban J connectivity index is 1.54. The number of carbonyl (C=O) groups is 2. The van der Waals surface area contributed by atoms with Gasteiger partial charge in [-0.2, -0.15) is 5.26 Å². The van der Waals surface area contributed by atoms with E-state index in [1.807, 2.05) is 6.07 Å². The molecule has 176 valence electrons. The van der Waals surface area contributed by atoms with E-state index in [9.17, 15) is 9.59 Å². The number of benzene rings is 2. The molecule has 2 aromatic carbocycles. The molecule has 1 amide bonds. The molecule has 4 aromatic rings. The van der Waals surface area contributed by atoms with E-state index < -0.39 is 18.0 Å². The van der Waals surface area contributed by atoms with Crippen LogP contribution in [0.2, 0.25) is 0 Å². The van der Waals surface area contributed by atoms with E-state index in [1.54, 1.807) is 66.3 Å². The minimum atomic E-state index is -0.730. The molecule has 0 aliphatic carbocycles. The van der Waals surface area contributed by atoms with Gasteiger partial charge in [-0.25, -0.2) is 14.8 Å². The van der Waals surface area contributed by atoms with Gasteiger partial charge in [0.2, 0.25) is 0 Å². The van der Waals surface area contributed by atoms with Gasteiger partial charge in [-0.1, -0.05) is 6.07 Å². The molecule has 0 saturated heterocycles. The van der Waals surface area contributed by atoms with Crippen LogP contribution in [0.4, 0.5) is 16.3 Å². The fourth-order valence-corrected chi connectivity index (χ4v) is 4.00. The third-order valence-electron chi connectivity index (χ3n) is 5.16. The number of nitrogens with one attached hydrogen (secondary N) is 1. The van der Waals surface area contributed by atoms with Gasteiger partial charge in [0.15, 0.2) is 0 Å². The highest BCUT2D eigenvalue weighted by Gasteiger charge is 2.28. The van der Waals surface area contributed by atoms with Crippen molar-refractivity contribution < 1.29 is 19.1 Å². The second-order valence-corrected chi connectivity index (χ2v) is 8.32. The van der Waals surface area contributed by atoms with Crippen LogP contribution >= 0.6 is 11.3 Å². The Morgan fingerprint density at radius 1 is 1.14 bits per heavy atom. The van der Waals surface area contributed by atoms with Gasteiger partial charge in [0.05, 0.1) is 40.4 Å². The molecule has 0 aliphatic heterocycles. The number of carbonyl (C=O) groups excluding carboxylic acids is 2. The summed E-state index contributed by atoms with van der Waals surface area (Å²) < 4.78 is 11.6. The van der Waals surface area contributed by atoms with Crippen LogP contribution in [0.15, 0.2) is 72.4 Å². The molecule has 1 N–H and O–H groups in total. The molecule has 2 aromatic heterocycles. The Kier molecular flexibility index (Phi) is 7.50. The second-order valence-electron chi connectivity index (χ2n) is 7.44. The summed E-state index contributed by atoms with van der Waals surface area (Å²) in [6.45, 7) is 0.144. The highest BCUT2D eigenvalue weighted by atomic mass is 32.1. The minimum Gasteiger partial charge on any atom is -0.469 e. The van der Waals surface area contributed by atoms with E-state index in [0.29, 0.717) is 17.1 Å². The van der Waals surface area contributed by atoms with Crippen molar-refractivity contribution in [2.24, 2.45) is 5.92 Å². The first-order chi connectivity index (χ1) is 17.1. The number of nitriles is 1. The van der Waals surface area contributed by atoms with Crippen molar-refractivity contribution in [3.8, 4) is 11.8 Å². The van der Waals surface area contributed by atoms with Crippen molar-refractivity contribution in [2.75, 3.05) is 30.4 Å². The van der Waals surface area contributed by atoms with Crippen LogP contribution in [0, 0.1) is 17.2 Å². The van der Waals surface area contributed by atoms with E-state index in [4.69, 9.17) is 14.7 Å². The summed E-state index contributed by atoms with van der Waals surface area (Å²) in [6.07, 6.45) is 0.865. The maximum Gasteiger partial charge on any atom is 0.420 e. The zero-order valence-electron chi connectivity index (χ0n) is 18.7. The number of esters is 1. The van der Waals surface area contributed by atoms with Crippen LogP contribution in [0.1, 0.15) is 5.56 Å². The van der Waals surface area contributed by atoms with E-state index in [2.05, 4.69) is 21.4 Å². The van der Waals surface area contributed by atoms with E-state index >= 15 is 0 Å². The molecule has 1 atom stereocenters. The normalized spacial score (nSPS) is 11.3. The molecule has 35 heavy (non-hydrogen) atoms. The summed E-state index contributed by atoms with van der Waals surface area (Å²) in [4.78, 5) is 35.6. The number of anilines is 2. The van der Waals surface area contributed by atoms with Crippen molar-refractivity contribution in [1.82, 2.24) is 9.97 Å². The lowest BCUT2D eigenvalue weighted by Crippen LogP contribution is -2.42. The largest absolute Gasteiger partial charge is 0.469 e. The molecule has 2 heterocycles. The number of aromatic nitrogens is 2. The van der Waals surface area contributed by atoms with Crippen LogP contribution in [0.3, 0.4) is 0 Å². The molecule has 0 fully saturated rings. The summed E-state index contributed by atoms with van der Waals surface area (Å²) in [5.74, 6) is -0.561. The van der Waals surface area contributed by atoms with Gasteiger partial charge in [-0.3, -0.25) is 9.69 Å². The monoisotopic (exact) mass is 487 g/mol. The van der Waals surface area contributed by atoms with Crippen molar-refractivity contribution in [3.05, 3.63) is 77.9 Å². The first kappa shape index (κ1) is 23.7. The van der Waals surface area contributed by atoms with E-state index in [0.717, 1.165) is 15.9 Å². The first-order valence-corrected chi connectivity index (χ1v) is 11.5. The fourth-order valence-electron chi connectivity index (χ4n) is 3.35. The van der Waals surface area contributed by atoms with Crippen LogP contribution in [-0.4, -0.2) is 42.2 Å². The molecule has 1 unspecified atom stereocenters. The average molecular weight is 488 g/mol. The molecule has 9 nitrogen and oxygen atoms in total. The lowest BCUT2D eigenvalue weighted by Gasteiger charge is -2.25. The minimum absolute atomic E-state index is 0.0370. The summed E-state index contributed by atoms with van der Waals surface area (Å²) in [6, 6.07) is 19.2. The van der Waals surface area contributed by atoms with Crippen LogP contribution in [0.25, 0.3) is 10.2 Å². The Labute approximate surface area is 205 Å². The van der Waals surface area contributed by atoms with Gasteiger partial charge in [-0.15, -0.1) is 11.3 Å². The van der Waals surface area contributed by atoms with Gasteiger partial charge in [0.25, 0.3) is 0 Å². The zero-order valence-corrected chi connectivity index (χ0v) is 19.6. The van der Waals surface area contributed by atoms with E-state index in [1.165, 1.54) is 23.3 Å². The third-order valence-corrected chi connectivity index (χ3v) is 5.97. The van der Waals surface area contributed by atoms with Crippen LogP contribution in [-0.2, 0) is 9.53 Å². The van der Waals surface area contributed by atoms with Crippen molar-refractivity contribution in [3.63, 3.8) is 0 Å². The van der Waals surface area contributed by atoms with Crippen molar-refractivity contribution >= 4 is 45.1 Å². The predicted molar refractivity (Wildman–Crippen MR) is 132 cm³/mol. The Bertz CT molecular complexity index is 1350. The number of fused-ring (bicyclic) bond motifs is 1. The Morgan fingerprint density at radius 3 is 2.69 bits per heavy atom. The molecule has 0 bridgehead atoms. The number of hydrogen-bond acceptors (Lipinski definition) is 9. The molecule has 10 heteroatoms. The number of pyridine rings is 1. The molecular weight excluding hydrogens is 466 g/mol. The smallest absolute Gasteiger partial charge is 0.420 e. The van der Waals surface area contributed by atoms with Gasteiger partial charge in [-0.05, 0) is 48.5 Å². The average Bonchev–Trinajstić information content (AvgIpc) is 3.37. The Hall–Kier alpha value is -4.49. The van der Waals surface area contributed by atoms with E-state index in [-0.39, 0.29) is 13.1 Å². The van der Waals surface area contributed by atoms with Gasteiger partial charge in [0.1, 0.15) is 11.6 Å². The number of amides is 1. The third kappa shape index (κ3) is 5.90. The molecule has 0 spiro atoms. The SMILES string of the molecule is COC(=O)C(CNc1ccc(C#N)cc1)CN(C(=O)Oc1ccc2scnc2c1)c1ccccn1. The zero-order chi connectivity index (χ0) is 24.6.